The van der Waals surface area contributed by atoms with Crippen molar-refractivity contribution in [2.24, 2.45) is 5.92 Å². The summed E-state index contributed by atoms with van der Waals surface area (Å²) in [5.41, 5.74) is -0.847. The Bertz CT molecular complexity index is 520. The molecular weight excluding hydrogens is 266 g/mol. The Hall–Kier alpha value is -1.65. The summed E-state index contributed by atoms with van der Waals surface area (Å²) in [4.78, 5) is 10.9. The van der Waals surface area contributed by atoms with E-state index in [2.05, 4.69) is 0 Å². The van der Waals surface area contributed by atoms with E-state index in [1.54, 1.807) is 0 Å². The zero-order chi connectivity index (χ0) is 14.9. The Kier molecular flexibility index (Phi) is 3.97. The van der Waals surface area contributed by atoms with Gasteiger partial charge in [0.1, 0.15) is 5.60 Å². The van der Waals surface area contributed by atoms with E-state index in [9.17, 15) is 13.6 Å². The Morgan fingerprint density at radius 2 is 1.90 bits per heavy atom. The highest BCUT2D eigenvalue weighted by Gasteiger charge is 2.40. The predicted molar refractivity (Wildman–Crippen MR) is 70.0 cm³/mol. The highest BCUT2D eigenvalue weighted by molar-refractivity contribution is 5.88. The van der Waals surface area contributed by atoms with Gasteiger partial charge in [-0.05, 0) is 43.7 Å². The van der Waals surface area contributed by atoms with Crippen LogP contribution in [-0.2, 0) is 0 Å². The first kappa shape index (κ1) is 14.8. The van der Waals surface area contributed by atoms with Gasteiger partial charge in [-0.25, -0.2) is 9.18 Å². The molecule has 0 aromatic heterocycles. The van der Waals surface area contributed by atoms with Crippen molar-refractivity contribution in [1.29, 1.82) is 0 Å². The lowest BCUT2D eigenvalue weighted by atomic mass is 9.88. The number of benzene rings is 1. The molecule has 0 unspecified atom stereocenters. The minimum atomic E-state index is -1.31. The van der Waals surface area contributed by atoms with Crippen molar-refractivity contribution >= 4 is 5.97 Å². The summed E-state index contributed by atoms with van der Waals surface area (Å²) in [5.74, 6) is -3.79. The fraction of sp³-hybridized carbons (Fsp3) is 0.533. The van der Waals surface area contributed by atoms with Crippen molar-refractivity contribution in [2.45, 2.75) is 45.1 Å². The average molecular weight is 284 g/mol. The molecule has 0 heterocycles. The molecule has 1 N–H and O–H groups in total. The quantitative estimate of drug-likeness (QED) is 0.908. The van der Waals surface area contributed by atoms with Crippen LogP contribution in [0.1, 0.15) is 49.9 Å². The zero-order valence-electron chi connectivity index (χ0n) is 11.6. The highest BCUT2D eigenvalue weighted by atomic mass is 19.2. The van der Waals surface area contributed by atoms with Gasteiger partial charge in [-0.3, -0.25) is 0 Å². The molecule has 3 nitrogen and oxygen atoms in total. The van der Waals surface area contributed by atoms with Crippen molar-refractivity contribution < 1.29 is 23.4 Å². The second kappa shape index (κ2) is 5.38. The fourth-order valence-corrected chi connectivity index (χ4v) is 2.75. The molecule has 1 saturated carbocycles. The molecule has 1 aromatic carbocycles. The monoisotopic (exact) mass is 284 g/mol. The molecule has 0 amide bonds. The van der Waals surface area contributed by atoms with Gasteiger partial charge in [0.25, 0.3) is 0 Å². The van der Waals surface area contributed by atoms with Crippen molar-refractivity contribution in [3.63, 3.8) is 0 Å². The third kappa shape index (κ3) is 2.62. The molecule has 5 heteroatoms. The van der Waals surface area contributed by atoms with Gasteiger partial charge in [0.05, 0.1) is 5.56 Å². The van der Waals surface area contributed by atoms with Crippen LogP contribution >= 0.6 is 0 Å². The van der Waals surface area contributed by atoms with Gasteiger partial charge in [-0.1, -0.05) is 13.8 Å². The highest BCUT2D eigenvalue weighted by Crippen LogP contribution is 2.41. The average Bonchev–Trinajstić information content (AvgIpc) is 2.84. The normalized spacial score (nSPS) is 17.4. The minimum Gasteiger partial charge on any atom is -0.484 e. The van der Waals surface area contributed by atoms with Crippen LogP contribution in [0.2, 0.25) is 0 Å². The maximum Gasteiger partial charge on any atom is 0.335 e. The number of carbonyl (C=O) groups is 1. The number of hydrogen-bond acceptors (Lipinski definition) is 2. The van der Waals surface area contributed by atoms with Crippen molar-refractivity contribution in [2.75, 3.05) is 0 Å². The number of rotatable bonds is 4. The lowest BCUT2D eigenvalue weighted by Crippen LogP contribution is -2.38. The predicted octanol–water partition coefficient (Wildman–Crippen LogP) is 4.01. The van der Waals surface area contributed by atoms with Crippen LogP contribution in [0.5, 0.6) is 5.75 Å². The molecule has 2 rings (SSSR count). The van der Waals surface area contributed by atoms with Crippen LogP contribution in [0, 0.1) is 17.6 Å². The van der Waals surface area contributed by atoms with Crippen LogP contribution in [0.3, 0.4) is 0 Å². The van der Waals surface area contributed by atoms with E-state index in [1.807, 2.05) is 13.8 Å². The molecule has 0 radical (unpaired) electrons. The van der Waals surface area contributed by atoms with E-state index in [1.165, 1.54) is 0 Å². The zero-order valence-corrected chi connectivity index (χ0v) is 11.6. The lowest BCUT2D eigenvalue weighted by molar-refractivity contribution is 0.0243. The third-order valence-corrected chi connectivity index (χ3v) is 4.06. The van der Waals surface area contributed by atoms with Gasteiger partial charge in [-0.15, -0.1) is 0 Å². The molecule has 110 valence electrons. The molecular formula is C15H18F2O3. The number of hydrogen-bond donors (Lipinski definition) is 1. The lowest BCUT2D eigenvalue weighted by Gasteiger charge is -2.34. The maximum atomic E-state index is 13.8. The standard InChI is InChI=1S/C15H18F2O3/c1-9(2)15(5-3-4-6-15)20-12-8-10(14(18)19)7-11(16)13(12)17/h7-9H,3-6H2,1-2H3,(H,18,19). The molecule has 1 aliphatic rings. The summed E-state index contributed by atoms with van der Waals surface area (Å²) in [6.45, 7) is 3.95. The number of ether oxygens (including phenoxy) is 1. The maximum absolute atomic E-state index is 13.8. The second-order valence-corrected chi connectivity index (χ2v) is 5.60. The number of carboxylic acid groups (broad SMARTS) is 1. The Balaban J connectivity index is 2.39. The summed E-state index contributed by atoms with van der Waals surface area (Å²) in [5, 5.41) is 8.91. The molecule has 0 bridgehead atoms. The summed E-state index contributed by atoms with van der Waals surface area (Å²) >= 11 is 0. The van der Waals surface area contributed by atoms with Gasteiger partial charge in [-0.2, -0.15) is 4.39 Å². The SMILES string of the molecule is CC(C)C1(Oc2cc(C(=O)O)cc(F)c2F)CCCC1. The van der Waals surface area contributed by atoms with E-state index >= 15 is 0 Å². The van der Waals surface area contributed by atoms with Crippen molar-refractivity contribution in [1.82, 2.24) is 0 Å². The van der Waals surface area contributed by atoms with Gasteiger partial charge >= 0.3 is 5.97 Å². The van der Waals surface area contributed by atoms with Crippen molar-refractivity contribution in [3.8, 4) is 5.75 Å². The molecule has 20 heavy (non-hydrogen) atoms. The number of aromatic carboxylic acids is 1. The van der Waals surface area contributed by atoms with E-state index in [0.717, 1.165) is 31.7 Å². The van der Waals surface area contributed by atoms with Crippen LogP contribution in [0.25, 0.3) is 0 Å². The molecule has 1 aromatic rings. The van der Waals surface area contributed by atoms with Crippen LogP contribution < -0.4 is 4.74 Å². The summed E-state index contributed by atoms with van der Waals surface area (Å²) in [7, 11) is 0. The van der Waals surface area contributed by atoms with Crippen LogP contribution in [-0.4, -0.2) is 16.7 Å². The first-order valence-electron chi connectivity index (χ1n) is 6.77. The first-order valence-corrected chi connectivity index (χ1v) is 6.77. The summed E-state index contributed by atoms with van der Waals surface area (Å²) in [6.07, 6.45) is 3.48. The molecule has 1 fully saturated rings. The van der Waals surface area contributed by atoms with E-state index < -0.39 is 23.2 Å². The van der Waals surface area contributed by atoms with E-state index in [4.69, 9.17) is 9.84 Å². The number of carboxylic acids is 1. The van der Waals surface area contributed by atoms with Gasteiger partial charge in [0, 0.05) is 0 Å². The molecule has 0 spiro atoms. The molecule has 0 aliphatic heterocycles. The topological polar surface area (TPSA) is 46.5 Å². The largest absolute Gasteiger partial charge is 0.484 e. The van der Waals surface area contributed by atoms with Crippen LogP contribution in [0.4, 0.5) is 8.78 Å². The summed E-state index contributed by atoms with van der Waals surface area (Å²) < 4.78 is 33.1. The van der Waals surface area contributed by atoms with Gasteiger partial charge in [0.2, 0.25) is 5.82 Å². The van der Waals surface area contributed by atoms with E-state index in [0.29, 0.717) is 6.07 Å². The van der Waals surface area contributed by atoms with Gasteiger partial charge in [0.15, 0.2) is 11.6 Å². The Labute approximate surface area is 116 Å². The molecule has 0 saturated heterocycles. The van der Waals surface area contributed by atoms with E-state index in [-0.39, 0.29) is 17.2 Å². The minimum absolute atomic E-state index is 0.140. The molecule has 1 aliphatic carbocycles. The fourth-order valence-electron chi connectivity index (χ4n) is 2.75. The Morgan fingerprint density at radius 3 is 2.40 bits per heavy atom. The smallest absolute Gasteiger partial charge is 0.335 e. The van der Waals surface area contributed by atoms with Gasteiger partial charge < -0.3 is 9.84 Å². The summed E-state index contributed by atoms with van der Waals surface area (Å²) in [6, 6.07) is 1.73. The number of halogens is 2. The molecule has 0 atom stereocenters. The Morgan fingerprint density at radius 1 is 1.30 bits per heavy atom. The second-order valence-electron chi connectivity index (χ2n) is 5.60. The van der Waals surface area contributed by atoms with Crippen molar-refractivity contribution in [3.05, 3.63) is 29.3 Å². The third-order valence-electron chi connectivity index (χ3n) is 4.06. The first-order chi connectivity index (χ1) is 9.35. The van der Waals surface area contributed by atoms with Crippen LogP contribution in [0.15, 0.2) is 12.1 Å².